The van der Waals surface area contributed by atoms with E-state index < -0.39 is 0 Å². The molecule has 0 aliphatic carbocycles. The molecule has 2 aliphatic heterocycles. The standard InChI is InChI=1S/C16H31N3OS/c1-13-9-14(2)11-18(10-13)12-15(3)17-16(20)19-5-4-7-21-8-6-19/h13-15H,4-12H2,1-3H3,(H,17,20)/t13-,14-,15-/m1/s1. The Morgan fingerprint density at radius 3 is 2.67 bits per heavy atom. The summed E-state index contributed by atoms with van der Waals surface area (Å²) < 4.78 is 0. The van der Waals surface area contributed by atoms with Crippen LogP contribution in [0.3, 0.4) is 0 Å². The highest BCUT2D eigenvalue weighted by molar-refractivity contribution is 7.99. The molecule has 0 aromatic carbocycles. The van der Waals surface area contributed by atoms with Gasteiger partial charge in [0, 0.05) is 44.5 Å². The highest BCUT2D eigenvalue weighted by Crippen LogP contribution is 2.20. The molecule has 3 atom stereocenters. The zero-order valence-corrected chi connectivity index (χ0v) is 14.6. The fourth-order valence-electron chi connectivity index (χ4n) is 3.63. The Kier molecular flexibility index (Phi) is 6.68. The molecule has 0 spiro atoms. The van der Waals surface area contributed by atoms with Crippen molar-refractivity contribution in [3.05, 3.63) is 0 Å². The van der Waals surface area contributed by atoms with Gasteiger partial charge in [-0.25, -0.2) is 4.79 Å². The molecular formula is C16H31N3OS. The van der Waals surface area contributed by atoms with E-state index in [9.17, 15) is 4.79 Å². The Hall–Kier alpha value is -0.420. The number of thioether (sulfide) groups is 1. The third-order valence-electron chi connectivity index (χ3n) is 4.36. The van der Waals surface area contributed by atoms with E-state index >= 15 is 0 Å². The van der Waals surface area contributed by atoms with E-state index in [1.807, 2.05) is 16.7 Å². The summed E-state index contributed by atoms with van der Waals surface area (Å²) in [4.78, 5) is 16.8. The van der Waals surface area contributed by atoms with Gasteiger partial charge < -0.3 is 15.1 Å². The van der Waals surface area contributed by atoms with E-state index in [2.05, 4.69) is 31.0 Å². The Labute approximate surface area is 134 Å². The number of nitrogens with one attached hydrogen (secondary N) is 1. The first kappa shape index (κ1) is 16.9. The van der Waals surface area contributed by atoms with Crippen molar-refractivity contribution in [2.24, 2.45) is 11.8 Å². The molecule has 2 saturated heterocycles. The fraction of sp³-hybridized carbons (Fsp3) is 0.938. The predicted molar refractivity (Wildman–Crippen MR) is 90.9 cm³/mol. The second-order valence-electron chi connectivity index (χ2n) is 6.97. The lowest BCUT2D eigenvalue weighted by Crippen LogP contribution is -2.50. The minimum Gasteiger partial charge on any atom is -0.334 e. The van der Waals surface area contributed by atoms with Gasteiger partial charge in [0.1, 0.15) is 0 Å². The van der Waals surface area contributed by atoms with Crippen molar-refractivity contribution < 1.29 is 4.79 Å². The molecular weight excluding hydrogens is 282 g/mol. The lowest BCUT2D eigenvalue weighted by molar-refractivity contribution is 0.129. The summed E-state index contributed by atoms with van der Waals surface area (Å²) in [7, 11) is 0. The van der Waals surface area contributed by atoms with E-state index in [0.29, 0.717) is 0 Å². The number of piperidine rings is 1. The van der Waals surface area contributed by atoms with Gasteiger partial charge in [0.05, 0.1) is 0 Å². The lowest BCUT2D eigenvalue weighted by Gasteiger charge is -2.36. The Bertz CT molecular complexity index is 321. The summed E-state index contributed by atoms with van der Waals surface area (Å²) >= 11 is 1.95. The van der Waals surface area contributed by atoms with Crippen LogP contribution in [0.25, 0.3) is 0 Å². The molecule has 2 amide bonds. The van der Waals surface area contributed by atoms with Gasteiger partial charge in [-0.05, 0) is 37.4 Å². The van der Waals surface area contributed by atoms with Crippen molar-refractivity contribution in [3.8, 4) is 0 Å². The first-order chi connectivity index (χ1) is 10.0. The molecule has 21 heavy (non-hydrogen) atoms. The molecule has 5 heteroatoms. The van der Waals surface area contributed by atoms with Crippen LogP contribution >= 0.6 is 11.8 Å². The number of rotatable bonds is 3. The van der Waals surface area contributed by atoms with E-state index in [1.54, 1.807) is 0 Å². The highest BCUT2D eigenvalue weighted by Gasteiger charge is 2.24. The number of carbonyl (C=O) groups excluding carboxylic acids is 1. The van der Waals surface area contributed by atoms with Crippen LogP contribution in [-0.2, 0) is 0 Å². The summed E-state index contributed by atoms with van der Waals surface area (Å²) in [6, 6.07) is 0.356. The highest BCUT2D eigenvalue weighted by atomic mass is 32.2. The molecule has 2 rings (SSSR count). The van der Waals surface area contributed by atoms with Gasteiger partial charge in [-0.3, -0.25) is 0 Å². The molecule has 0 unspecified atom stereocenters. The molecule has 1 N–H and O–H groups in total. The van der Waals surface area contributed by atoms with Crippen LogP contribution in [0.1, 0.15) is 33.6 Å². The third-order valence-corrected chi connectivity index (χ3v) is 5.40. The maximum absolute atomic E-state index is 12.3. The van der Waals surface area contributed by atoms with Crippen LogP contribution in [0.5, 0.6) is 0 Å². The zero-order chi connectivity index (χ0) is 15.2. The average molecular weight is 314 g/mol. The summed E-state index contributed by atoms with van der Waals surface area (Å²) in [5, 5.41) is 3.19. The third kappa shape index (κ3) is 5.70. The van der Waals surface area contributed by atoms with Crippen molar-refractivity contribution in [1.29, 1.82) is 0 Å². The first-order valence-electron chi connectivity index (χ1n) is 8.40. The second kappa shape index (κ2) is 8.28. The fourth-order valence-corrected chi connectivity index (χ4v) is 4.51. The Balaban J connectivity index is 1.75. The van der Waals surface area contributed by atoms with Crippen LogP contribution in [0.4, 0.5) is 4.79 Å². The summed E-state index contributed by atoms with van der Waals surface area (Å²) in [5.74, 6) is 3.81. The number of urea groups is 1. The molecule has 122 valence electrons. The summed E-state index contributed by atoms with van der Waals surface area (Å²) in [6.07, 6.45) is 2.45. The molecule has 2 aliphatic rings. The van der Waals surface area contributed by atoms with Crippen molar-refractivity contribution in [2.45, 2.75) is 39.7 Å². The lowest BCUT2D eigenvalue weighted by atomic mass is 9.92. The average Bonchev–Trinajstić information content (AvgIpc) is 2.65. The maximum Gasteiger partial charge on any atom is 0.317 e. The van der Waals surface area contributed by atoms with E-state index in [0.717, 1.165) is 43.6 Å². The van der Waals surface area contributed by atoms with Gasteiger partial charge in [-0.2, -0.15) is 11.8 Å². The van der Waals surface area contributed by atoms with Crippen LogP contribution in [0, 0.1) is 11.8 Å². The second-order valence-corrected chi connectivity index (χ2v) is 8.19. The topological polar surface area (TPSA) is 35.6 Å². The van der Waals surface area contributed by atoms with Gasteiger partial charge in [-0.15, -0.1) is 0 Å². The van der Waals surface area contributed by atoms with Crippen molar-refractivity contribution in [1.82, 2.24) is 15.1 Å². The smallest absolute Gasteiger partial charge is 0.317 e. The number of hydrogen-bond acceptors (Lipinski definition) is 3. The van der Waals surface area contributed by atoms with Crippen LogP contribution < -0.4 is 5.32 Å². The number of likely N-dealkylation sites (tertiary alicyclic amines) is 1. The molecule has 4 nitrogen and oxygen atoms in total. The maximum atomic E-state index is 12.3. The van der Waals surface area contributed by atoms with Gasteiger partial charge in [-0.1, -0.05) is 13.8 Å². The molecule has 0 bridgehead atoms. The number of amides is 2. The minimum absolute atomic E-state index is 0.128. The number of carbonyl (C=O) groups is 1. The quantitative estimate of drug-likeness (QED) is 0.869. The van der Waals surface area contributed by atoms with Crippen LogP contribution in [0.2, 0.25) is 0 Å². The van der Waals surface area contributed by atoms with Crippen LogP contribution in [0.15, 0.2) is 0 Å². The van der Waals surface area contributed by atoms with E-state index in [-0.39, 0.29) is 12.1 Å². The summed E-state index contributed by atoms with van der Waals surface area (Å²) in [5.41, 5.74) is 0. The SMILES string of the molecule is C[C@@H]1C[C@@H](C)CN(C[C@@H](C)NC(=O)N2CCCSCC2)C1. The van der Waals surface area contributed by atoms with Crippen molar-refractivity contribution >= 4 is 17.8 Å². The first-order valence-corrected chi connectivity index (χ1v) is 9.55. The zero-order valence-electron chi connectivity index (χ0n) is 13.8. The molecule has 0 aromatic rings. The van der Waals surface area contributed by atoms with E-state index in [1.165, 1.54) is 25.3 Å². The van der Waals surface area contributed by atoms with Crippen LogP contribution in [-0.4, -0.2) is 66.1 Å². The Morgan fingerprint density at radius 2 is 1.95 bits per heavy atom. The van der Waals surface area contributed by atoms with Crippen molar-refractivity contribution in [3.63, 3.8) is 0 Å². The largest absolute Gasteiger partial charge is 0.334 e. The summed E-state index contributed by atoms with van der Waals surface area (Å²) in [6.45, 7) is 11.9. The number of hydrogen-bond donors (Lipinski definition) is 1. The molecule has 2 fully saturated rings. The minimum atomic E-state index is 0.128. The monoisotopic (exact) mass is 313 g/mol. The molecule has 0 saturated carbocycles. The molecule has 0 aromatic heterocycles. The van der Waals surface area contributed by atoms with Gasteiger partial charge in [0.2, 0.25) is 0 Å². The van der Waals surface area contributed by atoms with Gasteiger partial charge in [0.15, 0.2) is 0 Å². The predicted octanol–water partition coefficient (Wildman–Crippen LogP) is 2.50. The normalized spacial score (nSPS) is 29.8. The van der Waals surface area contributed by atoms with Gasteiger partial charge >= 0.3 is 6.03 Å². The molecule has 2 heterocycles. The van der Waals surface area contributed by atoms with E-state index in [4.69, 9.17) is 0 Å². The Morgan fingerprint density at radius 1 is 1.24 bits per heavy atom. The number of nitrogens with zero attached hydrogens (tertiary/aromatic N) is 2. The van der Waals surface area contributed by atoms with Crippen molar-refractivity contribution in [2.75, 3.05) is 44.2 Å². The molecule has 0 radical (unpaired) electrons. The van der Waals surface area contributed by atoms with Gasteiger partial charge in [0.25, 0.3) is 0 Å².